The van der Waals surface area contributed by atoms with Gasteiger partial charge in [-0.3, -0.25) is 4.79 Å². The molecule has 3 rings (SSSR count). The fourth-order valence-corrected chi connectivity index (χ4v) is 2.62. The van der Waals surface area contributed by atoms with Gasteiger partial charge in [-0.1, -0.05) is 42.5 Å². The third-order valence-corrected chi connectivity index (χ3v) is 4.13. The molecule has 0 saturated heterocycles. The second-order valence-electron chi connectivity index (χ2n) is 6.05. The lowest BCUT2D eigenvalue weighted by Gasteiger charge is -2.14. The fraction of sp³-hybridized carbons (Fsp3) is 0.143. The molecule has 1 amide bonds. The maximum atomic E-state index is 12.4. The highest BCUT2D eigenvalue weighted by atomic mass is 16.5. The molecule has 7 heteroatoms. The van der Waals surface area contributed by atoms with Crippen molar-refractivity contribution in [3.8, 4) is 0 Å². The monoisotopic (exact) mass is 376 g/mol. The van der Waals surface area contributed by atoms with E-state index in [2.05, 4.69) is 20.6 Å². The van der Waals surface area contributed by atoms with Crippen LogP contribution in [0.3, 0.4) is 0 Å². The van der Waals surface area contributed by atoms with Crippen molar-refractivity contribution in [3.63, 3.8) is 0 Å². The van der Waals surface area contributed by atoms with Crippen LogP contribution in [0.25, 0.3) is 0 Å². The largest absolute Gasteiger partial charge is 0.465 e. The molecule has 0 radical (unpaired) electrons. The average Bonchev–Trinajstić information content (AvgIpc) is 2.74. The Morgan fingerprint density at radius 1 is 0.964 bits per heavy atom. The summed E-state index contributed by atoms with van der Waals surface area (Å²) in [6, 6.07) is 16.4. The van der Waals surface area contributed by atoms with Crippen LogP contribution in [0, 0.1) is 0 Å². The minimum absolute atomic E-state index is 0.153. The molecule has 0 saturated carbocycles. The summed E-state index contributed by atoms with van der Waals surface area (Å²) in [5.41, 5.74) is 2.12. The van der Waals surface area contributed by atoms with Gasteiger partial charge >= 0.3 is 5.97 Å². The first-order valence-corrected chi connectivity index (χ1v) is 8.70. The van der Waals surface area contributed by atoms with E-state index in [1.165, 1.54) is 19.5 Å². The fourth-order valence-electron chi connectivity index (χ4n) is 2.62. The Bertz CT molecular complexity index is 959. The second-order valence-corrected chi connectivity index (χ2v) is 6.05. The molecule has 1 aromatic heterocycles. The van der Waals surface area contributed by atoms with E-state index in [0.29, 0.717) is 17.1 Å². The van der Waals surface area contributed by atoms with E-state index in [1.54, 1.807) is 24.3 Å². The van der Waals surface area contributed by atoms with Crippen molar-refractivity contribution in [2.75, 3.05) is 12.4 Å². The summed E-state index contributed by atoms with van der Waals surface area (Å²) >= 11 is 0. The summed E-state index contributed by atoms with van der Waals surface area (Å²) in [7, 11) is 1.32. The number of aromatic nitrogens is 2. The maximum Gasteiger partial charge on any atom is 0.339 e. The molecule has 0 spiro atoms. The smallest absolute Gasteiger partial charge is 0.339 e. The predicted octanol–water partition coefficient (Wildman–Crippen LogP) is 3.50. The van der Waals surface area contributed by atoms with Gasteiger partial charge in [0.15, 0.2) is 0 Å². The van der Waals surface area contributed by atoms with E-state index >= 15 is 0 Å². The summed E-state index contributed by atoms with van der Waals surface area (Å²) in [6.07, 6.45) is 2.83. The highest BCUT2D eigenvalue weighted by molar-refractivity contribution is 5.96. The number of ether oxygens (including phenoxy) is 1. The van der Waals surface area contributed by atoms with Crippen molar-refractivity contribution in [2.24, 2.45) is 0 Å². The predicted molar refractivity (Wildman–Crippen MR) is 105 cm³/mol. The van der Waals surface area contributed by atoms with Crippen LogP contribution in [0.4, 0.5) is 11.5 Å². The summed E-state index contributed by atoms with van der Waals surface area (Å²) in [6.45, 7) is 1.90. The van der Waals surface area contributed by atoms with Gasteiger partial charge in [0.2, 0.25) is 0 Å². The number of methoxy groups -OCH3 is 1. The molecule has 1 unspecified atom stereocenters. The van der Waals surface area contributed by atoms with Gasteiger partial charge in [0.25, 0.3) is 5.91 Å². The number of carbonyl (C=O) groups is 2. The normalized spacial score (nSPS) is 11.4. The zero-order chi connectivity index (χ0) is 19.9. The number of benzene rings is 2. The zero-order valence-corrected chi connectivity index (χ0v) is 15.5. The lowest BCUT2D eigenvalue weighted by Crippen LogP contribution is -2.27. The van der Waals surface area contributed by atoms with Gasteiger partial charge in [0.05, 0.1) is 36.8 Å². The second kappa shape index (κ2) is 8.77. The van der Waals surface area contributed by atoms with Gasteiger partial charge in [-0.2, -0.15) is 0 Å². The Morgan fingerprint density at radius 3 is 2.36 bits per heavy atom. The Morgan fingerprint density at radius 2 is 1.68 bits per heavy atom. The van der Waals surface area contributed by atoms with Crippen LogP contribution in [0.2, 0.25) is 0 Å². The molecule has 2 aromatic carbocycles. The third kappa shape index (κ3) is 4.50. The lowest BCUT2D eigenvalue weighted by molar-refractivity contribution is 0.0601. The number of nitrogens with one attached hydrogen (secondary N) is 2. The molecule has 0 bridgehead atoms. The average molecular weight is 376 g/mol. The van der Waals surface area contributed by atoms with Crippen LogP contribution in [0.5, 0.6) is 0 Å². The van der Waals surface area contributed by atoms with Crippen molar-refractivity contribution >= 4 is 23.4 Å². The first kappa shape index (κ1) is 19.0. The Kier molecular flexibility index (Phi) is 5.96. The topological polar surface area (TPSA) is 93.2 Å². The molecule has 7 nitrogen and oxygen atoms in total. The van der Waals surface area contributed by atoms with E-state index in [1.807, 2.05) is 37.3 Å². The summed E-state index contributed by atoms with van der Waals surface area (Å²) in [5.74, 6) is -0.365. The van der Waals surface area contributed by atoms with Crippen molar-refractivity contribution in [2.45, 2.75) is 13.0 Å². The standard InChI is InChI=1S/C21H20N4O3/c1-14(15-8-4-3-5-9-15)24-20(26)18-12-23-19(13-22-18)25-17-11-7-6-10-16(17)21(27)28-2/h3-14H,1-2H3,(H,23,25)(H,24,26). The van der Waals surface area contributed by atoms with Gasteiger partial charge in [-0.15, -0.1) is 0 Å². The molecule has 142 valence electrons. The number of esters is 1. The van der Waals surface area contributed by atoms with E-state index in [-0.39, 0.29) is 17.6 Å². The third-order valence-electron chi connectivity index (χ3n) is 4.13. The highest BCUT2D eigenvalue weighted by Gasteiger charge is 2.14. The number of amides is 1. The number of hydrogen-bond donors (Lipinski definition) is 2. The van der Waals surface area contributed by atoms with Gasteiger partial charge in [0, 0.05) is 0 Å². The minimum atomic E-state index is -0.457. The maximum absolute atomic E-state index is 12.4. The number of nitrogens with zero attached hydrogens (tertiary/aromatic N) is 2. The number of carbonyl (C=O) groups excluding carboxylic acids is 2. The number of anilines is 2. The van der Waals surface area contributed by atoms with E-state index < -0.39 is 5.97 Å². The molecule has 3 aromatic rings. The number of hydrogen-bond acceptors (Lipinski definition) is 6. The van der Waals surface area contributed by atoms with Crippen molar-refractivity contribution in [1.29, 1.82) is 0 Å². The molecule has 0 fully saturated rings. The quantitative estimate of drug-likeness (QED) is 0.640. The SMILES string of the molecule is COC(=O)c1ccccc1Nc1cnc(C(=O)NC(C)c2ccccc2)cn1. The first-order chi connectivity index (χ1) is 13.6. The molecular weight excluding hydrogens is 356 g/mol. The Hall–Kier alpha value is -3.74. The highest BCUT2D eigenvalue weighted by Crippen LogP contribution is 2.20. The number of rotatable bonds is 6. The summed E-state index contributed by atoms with van der Waals surface area (Å²) < 4.78 is 4.77. The van der Waals surface area contributed by atoms with Gasteiger partial charge < -0.3 is 15.4 Å². The molecule has 0 aliphatic rings. The zero-order valence-electron chi connectivity index (χ0n) is 15.5. The van der Waals surface area contributed by atoms with Crippen molar-refractivity contribution in [3.05, 3.63) is 83.8 Å². The van der Waals surface area contributed by atoms with E-state index in [0.717, 1.165) is 5.56 Å². The molecule has 0 aliphatic heterocycles. The molecule has 1 heterocycles. The van der Waals surface area contributed by atoms with Crippen LogP contribution in [-0.4, -0.2) is 29.0 Å². The Labute approximate surface area is 162 Å². The molecule has 2 N–H and O–H groups in total. The molecule has 28 heavy (non-hydrogen) atoms. The summed E-state index contributed by atoms with van der Waals surface area (Å²) in [5, 5.41) is 5.90. The lowest BCUT2D eigenvalue weighted by atomic mass is 10.1. The summed E-state index contributed by atoms with van der Waals surface area (Å²) in [4.78, 5) is 32.6. The van der Waals surface area contributed by atoms with Gasteiger partial charge in [0.1, 0.15) is 11.5 Å². The van der Waals surface area contributed by atoms with Crippen molar-refractivity contribution in [1.82, 2.24) is 15.3 Å². The van der Waals surface area contributed by atoms with E-state index in [9.17, 15) is 9.59 Å². The molecule has 1 atom stereocenters. The van der Waals surface area contributed by atoms with Crippen molar-refractivity contribution < 1.29 is 14.3 Å². The van der Waals surface area contributed by atoms with Crippen LogP contribution in [0.1, 0.15) is 39.4 Å². The molecule has 0 aliphatic carbocycles. The van der Waals surface area contributed by atoms with E-state index in [4.69, 9.17) is 4.74 Å². The number of para-hydroxylation sites is 1. The van der Waals surface area contributed by atoms with Crippen LogP contribution >= 0.6 is 0 Å². The van der Waals surface area contributed by atoms with Crippen LogP contribution in [-0.2, 0) is 4.74 Å². The van der Waals surface area contributed by atoms with Gasteiger partial charge in [-0.05, 0) is 24.6 Å². The minimum Gasteiger partial charge on any atom is -0.465 e. The van der Waals surface area contributed by atoms with Crippen LogP contribution < -0.4 is 10.6 Å². The molecular formula is C21H20N4O3. The van der Waals surface area contributed by atoms with Crippen LogP contribution in [0.15, 0.2) is 67.0 Å². The van der Waals surface area contributed by atoms with Gasteiger partial charge in [-0.25, -0.2) is 14.8 Å². The first-order valence-electron chi connectivity index (χ1n) is 8.70. The Balaban J connectivity index is 1.69.